The molecule has 106 heavy (non-hydrogen) atoms. The van der Waals surface area contributed by atoms with Crippen molar-refractivity contribution in [3.63, 3.8) is 0 Å². The predicted molar refractivity (Wildman–Crippen MR) is 323 cm³/mol. The molecule has 4 amide bonds. The molecule has 7 fully saturated rings. The molecule has 37 unspecified atom stereocenters. The fourth-order valence-corrected chi connectivity index (χ4v) is 12.9. The number of aliphatic carboxylic acids is 4. The largest absolute Gasteiger partial charge is 0.479 e. The van der Waals surface area contributed by atoms with E-state index < -0.39 is 320 Å². The SMILES string of the molecule is CC(=O)NC1C(C)OC(CO)C(O)C1OC1OC(C(=O)O)C(O)C(OC2OC(CO)C(O)C(OC3OC(C(=O)O)C(O)C(OC4OC(CO)C(O)C(OC5OC(C(=O)O)C(O)C(OC6OC(CO)C(O)C(OC(OC(C(=O)O)[C@H](C)O)[C@@H](O)CO)C6NC(C)=O)C5O)C4NC(C)=O)C3O)C2NC(C)=O)C1O. The Bertz CT molecular complexity index is 2950. The van der Waals surface area contributed by atoms with Crippen LogP contribution in [-0.4, -0.2) is 427 Å². The average Bonchev–Trinajstić information content (AvgIpc) is 0.767. The summed E-state index contributed by atoms with van der Waals surface area (Å²) in [5, 5.41) is 240. The zero-order valence-corrected chi connectivity index (χ0v) is 56.8. The lowest BCUT2D eigenvalue weighted by Gasteiger charge is -2.51. The fourth-order valence-electron chi connectivity index (χ4n) is 12.9. The lowest BCUT2D eigenvalue weighted by Crippen LogP contribution is -2.72. The van der Waals surface area contributed by atoms with Crippen LogP contribution in [0.3, 0.4) is 0 Å². The van der Waals surface area contributed by atoms with Gasteiger partial charge in [-0.15, -0.1) is 0 Å². The Labute approximate surface area is 597 Å². The lowest BCUT2D eigenvalue weighted by molar-refractivity contribution is -0.381. The van der Waals surface area contributed by atoms with Gasteiger partial charge >= 0.3 is 23.9 Å². The summed E-state index contributed by atoms with van der Waals surface area (Å²) in [5.74, 6) is -11.8. The van der Waals surface area contributed by atoms with Crippen LogP contribution in [0.5, 0.6) is 0 Å². The van der Waals surface area contributed by atoms with Crippen molar-refractivity contribution in [2.24, 2.45) is 0 Å². The van der Waals surface area contributed by atoms with Gasteiger partial charge in [-0.2, -0.15) is 0 Å². The Kier molecular flexibility index (Phi) is 31.4. The molecule has 48 heteroatoms. The Hall–Kier alpha value is -5.52. The molecule has 0 bridgehead atoms. The molecule has 0 aromatic carbocycles. The molecule has 0 saturated carbocycles. The predicted octanol–water partition coefficient (Wildman–Crippen LogP) is -15.8. The van der Waals surface area contributed by atoms with E-state index in [1.807, 2.05) is 0 Å². The molecule has 0 spiro atoms. The van der Waals surface area contributed by atoms with E-state index in [1.54, 1.807) is 0 Å². The first-order chi connectivity index (χ1) is 49.7. The fraction of sp³-hybridized carbons (Fsp3) is 0.862. The van der Waals surface area contributed by atoms with Crippen LogP contribution in [0.1, 0.15) is 41.5 Å². The second kappa shape index (κ2) is 37.9. The molecule has 39 atom stereocenters. The van der Waals surface area contributed by atoms with Crippen LogP contribution >= 0.6 is 0 Å². The molecule has 0 aromatic rings. The minimum absolute atomic E-state index is 0.706. The third kappa shape index (κ3) is 20.0. The number of rotatable bonds is 31. The number of carbonyl (C=O) groups is 8. The molecule has 0 radical (unpaired) electrons. The monoisotopic (exact) mass is 1550 g/mol. The second-order valence-electron chi connectivity index (χ2n) is 25.8. The zero-order valence-electron chi connectivity index (χ0n) is 56.8. The third-order valence-corrected chi connectivity index (χ3v) is 18.0. The van der Waals surface area contributed by atoms with E-state index in [4.69, 9.17) is 71.1 Å². The number of aliphatic hydroxyl groups is 17. The number of carboxylic acids is 4. The highest BCUT2D eigenvalue weighted by Gasteiger charge is 2.62. The molecule has 7 saturated heterocycles. The quantitative estimate of drug-likeness (QED) is 0.0287. The average molecular weight is 1550 g/mol. The maximum absolute atomic E-state index is 13.2. The van der Waals surface area contributed by atoms with E-state index in [2.05, 4.69) is 21.3 Å². The van der Waals surface area contributed by atoms with Crippen LogP contribution in [0.25, 0.3) is 0 Å². The highest BCUT2D eigenvalue weighted by Crippen LogP contribution is 2.39. The molecule has 7 aliphatic rings. The first kappa shape index (κ1) is 87.7. The van der Waals surface area contributed by atoms with E-state index in [0.717, 1.165) is 34.6 Å². The summed E-state index contributed by atoms with van der Waals surface area (Å²) in [7, 11) is 0. The number of carbonyl (C=O) groups excluding carboxylic acids is 4. The van der Waals surface area contributed by atoms with Crippen molar-refractivity contribution in [2.75, 3.05) is 33.0 Å². The number of carboxylic acid groups (broad SMARTS) is 4. The molecule has 7 aliphatic heterocycles. The van der Waals surface area contributed by atoms with Gasteiger partial charge in [0.1, 0.15) is 152 Å². The Morgan fingerprint density at radius 1 is 0.368 bits per heavy atom. The zero-order chi connectivity index (χ0) is 79.1. The van der Waals surface area contributed by atoms with Crippen LogP contribution in [0.2, 0.25) is 0 Å². The van der Waals surface area contributed by atoms with Gasteiger partial charge in [-0.05, 0) is 13.8 Å². The smallest absolute Gasteiger partial charge is 0.335 e. The van der Waals surface area contributed by atoms with Crippen molar-refractivity contribution in [3.8, 4) is 0 Å². The van der Waals surface area contributed by atoms with E-state index in [1.165, 1.54) is 6.92 Å². The summed E-state index contributed by atoms with van der Waals surface area (Å²) in [6.07, 6.45) is -79.0. The maximum atomic E-state index is 13.2. The standard InChI is InChI=1S/C58H92N4O44/c1-12(68)37(48(84)85)96-52(18(73)7-63)97-39-24(60-15(4)70)53(93-20(9-65)28(39)75)101-43-32(79)46(50(88)89)105-57(35(43)82)99-41-26(62-17(6)72)55(95-22(11-67)30(41)77)103-44-33(80)47(51(90)91)106-58(36(44)83)100-40-25(61-16(5)71)54(94-21(10-66)29(40)76)102-42-31(78)45(49(86)87)104-56(34(42)81)98-38-23(59-14(3)69)13(2)92-19(8-64)27(38)74/h12-13,18-47,52-58,63-68,73-83H,7-11H2,1-6H3,(H,59,69)(H,60,70)(H,61,71)(H,62,72)(H,84,85)(H,86,87)(H,88,89)(H,90,91)/t12-,13?,18-,19?,20?,21?,22?,23?,24?,25?,26?,27?,28?,29?,30?,31?,32?,33?,34?,35?,36?,37?,38?,39?,40?,41?,42?,43?,44?,45?,46?,47?,52?,53?,54?,55?,56?,57?,58?/m0/s1. The van der Waals surface area contributed by atoms with E-state index in [-0.39, 0.29) is 0 Å². The topological polar surface area (TPSA) is 748 Å². The first-order valence-corrected chi connectivity index (χ1v) is 32.8. The van der Waals surface area contributed by atoms with Gasteiger partial charge in [0.25, 0.3) is 0 Å². The molecule has 48 nitrogen and oxygen atoms in total. The Morgan fingerprint density at radius 2 is 0.642 bits per heavy atom. The highest BCUT2D eigenvalue weighted by atomic mass is 16.8. The van der Waals surface area contributed by atoms with Crippen LogP contribution < -0.4 is 21.3 Å². The molecule has 608 valence electrons. The van der Waals surface area contributed by atoms with Gasteiger partial charge in [0.05, 0.1) is 51.3 Å². The highest BCUT2D eigenvalue weighted by molar-refractivity contribution is 5.76. The van der Waals surface area contributed by atoms with Gasteiger partial charge in [0.15, 0.2) is 68.4 Å². The number of ether oxygens (including phenoxy) is 15. The summed E-state index contributed by atoms with van der Waals surface area (Å²) in [5.41, 5.74) is 0. The summed E-state index contributed by atoms with van der Waals surface area (Å²) in [6, 6.07) is -7.65. The van der Waals surface area contributed by atoms with Crippen LogP contribution in [0.4, 0.5) is 0 Å². The van der Waals surface area contributed by atoms with Crippen LogP contribution in [0, 0.1) is 0 Å². The van der Waals surface area contributed by atoms with Gasteiger partial charge in [0.2, 0.25) is 23.6 Å². The number of aliphatic hydroxyl groups excluding tert-OH is 17. The summed E-state index contributed by atoms with van der Waals surface area (Å²) < 4.78 is 86.0. The van der Waals surface area contributed by atoms with Crippen molar-refractivity contribution < 1.29 is 217 Å². The summed E-state index contributed by atoms with van der Waals surface area (Å²) in [4.78, 5) is 102. The van der Waals surface area contributed by atoms with E-state index >= 15 is 0 Å². The van der Waals surface area contributed by atoms with Gasteiger partial charge < -0.3 is 200 Å². The number of hydrogen-bond acceptors (Lipinski definition) is 40. The van der Waals surface area contributed by atoms with Crippen molar-refractivity contribution in [2.45, 2.75) is 281 Å². The van der Waals surface area contributed by atoms with Gasteiger partial charge in [0, 0.05) is 27.7 Å². The first-order valence-electron chi connectivity index (χ1n) is 32.8. The molecular weight excluding hydrogens is 1460 g/mol. The normalized spacial score (nSPS) is 43.3. The Morgan fingerprint density at radius 3 is 0.915 bits per heavy atom. The lowest BCUT2D eigenvalue weighted by atomic mass is 9.92. The molecule has 0 aliphatic carbocycles. The van der Waals surface area contributed by atoms with E-state index in [0.29, 0.717) is 0 Å². The van der Waals surface area contributed by atoms with Crippen LogP contribution in [-0.2, 0) is 109 Å². The van der Waals surface area contributed by atoms with Gasteiger partial charge in [-0.1, -0.05) is 0 Å². The van der Waals surface area contributed by atoms with Crippen molar-refractivity contribution in [1.82, 2.24) is 21.3 Å². The number of nitrogens with one attached hydrogen (secondary N) is 4. The van der Waals surface area contributed by atoms with Crippen molar-refractivity contribution in [3.05, 3.63) is 0 Å². The summed E-state index contributed by atoms with van der Waals surface area (Å²) in [6.45, 7) is 0.158. The summed E-state index contributed by atoms with van der Waals surface area (Å²) >= 11 is 0. The second-order valence-corrected chi connectivity index (χ2v) is 25.8. The Balaban J connectivity index is 1.19. The van der Waals surface area contributed by atoms with Gasteiger partial charge in [-0.3, -0.25) is 19.2 Å². The molecular formula is C58H92N4O44. The van der Waals surface area contributed by atoms with E-state index in [9.17, 15) is 146 Å². The minimum atomic E-state index is -2.66. The molecule has 25 N–H and O–H groups in total. The van der Waals surface area contributed by atoms with Crippen molar-refractivity contribution >= 4 is 47.5 Å². The molecule has 0 aromatic heterocycles. The third-order valence-electron chi connectivity index (χ3n) is 18.0. The molecule has 7 heterocycles. The number of hydrogen-bond donors (Lipinski definition) is 25. The van der Waals surface area contributed by atoms with Crippen LogP contribution in [0.15, 0.2) is 0 Å². The minimum Gasteiger partial charge on any atom is -0.479 e. The van der Waals surface area contributed by atoms with Gasteiger partial charge in [-0.25, -0.2) is 19.2 Å². The number of amides is 4. The maximum Gasteiger partial charge on any atom is 0.335 e. The van der Waals surface area contributed by atoms with Crippen molar-refractivity contribution in [1.29, 1.82) is 0 Å². The molecule has 7 rings (SSSR count).